The van der Waals surface area contributed by atoms with Gasteiger partial charge in [0.15, 0.2) is 0 Å². The number of methoxy groups -OCH3 is 2. The number of hydrogen-bond donors (Lipinski definition) is 1. The standard InChI is InChI=1S/C15H20F3NO2.ClH/c1-9-10(5-4-6-19-9)11-7-14(21-3)12(15(16,17)18)8-13(11)20-2;/h7-10,19H,4-6H2,1-3H3;1H. The molecule has 126 valence electrons. The fraction of sp³-hybridized carbons (Fsp3) is 0.600. The maximum Gasteiger partial charge on any atom is 0.420 e. The topological polar surface area (TPSA) is 30.5 Å². The zero-order chi connectivity index (χ0) is 15.6. The smallest absolute Gasteiger partial charge is 0.420 e. The summed E-state index contributed by atoms with van der Waals surface area (Å²) in [7, 11) is 2.65. The summed E-state index contributed by atoms with van der Waals surface area (Å²) in [6, 6.07) is 2.69. The van der Waals surface area contributed by atoms with Gasteiger partial charge in [0.25, 0.3) is 0 Å². The zero-order valence-electron chi connectivity index (χ0n) is 12.8. The Kier molecular flexibility index (Phi) is 6.38. The Morgan fingerprint density at radius 1 is 1.14 bits per heavy atom. The van der Waals surface area contributed by atoms with Gasteiger partial charge in [0, 0.05) is 17.5 Å². The number of ether oxygens (including phenoxy) is 2. The van der Waals surface area contributed by atoms with E-state index in [-0.39, 0.29) is 35.9 Å². The van der Waals surface area contributed by atoms with E-state index >= 15 is 0 Å². The van der Waals surface area contributed by atoms with E-state index in [9.17, 15) is 13.2 Å². The highest BCUT2D eigenvalue weighted by Crippen LogP contribution is 2.43. The lowest BCUT2D eigenvalue weighted by Gasteiger charge is -2.32. The first-order valence-corrected chi connectivity index (χ1v) is 6.95. The minimum atomic E-state index is -4.46. The first-order chi connectivity index (χ1) is 9.88. The van der Waals surface area contributed by atoms with Crippen molar-refractivity contribution in [2.24, 2.45) is 0 Å². The molecule has 0 spiro atoms. The van der Waals surface area contributed by atoms with Gasteiger partial charge in [0.1, 0.15) is 17.1 Å². The third-order valence-corrected chi connectivity index (χ3v) is 4.02. The summed E-state index contributed by atoms with van der Waals surface area (Å²) in [5.41, 5.74) is -0.0379. The molecule has 7 heteroatoms. The van der Waals surface area contributed by atoms with Gasteiger partial charge in [0.2, 0.25) is 0 Å². The van der Waals surface area contributed by atoms with Crippen LogP contribution < -0.4 is 14.8 Å². The summed E-state index contributed by atoms with van der Waals surface area (Å²) < 4.78 is 49.3. The van der Waals surface area contributed by atoms with Crippen LogP contribution in [-0.2, 0) is 6.18 Å². The molecule has 1 saturated heterocycles. The van der Waals surface area contributed by atoms with E-state index in [4.69, 9.17) is 9.47 Å². The lowest BCUT2D eigenvalue weighted by atomic mass is 9.84. The second kappa shape index (κ2) is 7.42. The van der Waals surface area contributed by atoms with Crippen LogP contribution in [0.4, 0.5) is 13.2 Å². The molecule has 2 unspecified atom stereocenters. The van der Waals surface area contributed by atoms with Crippen LogP contribution in [0, 0.1) is 0 Å². The van der Waals surface area contributed by atoms with Gasteiger partial charge in [-0.1, -0.05) is 0 Å². The monoisotopic (exact) mass is 339 g/mol. The number of alkyl halides is 3. The highest BCUT2D eigenvalue weighted by atomic mass is 35.5. The van der Waals surface area contributed by atoms with Crippen LogP contribution in [0.3, 0.4) is 0 Å². The van der Waals surface area contributed by atoms with E-state index in [1.165, 1.54) is 20.3 Å². The van der Waals surface area contributed by atoms with E-state index in [0.29, 0.717) is 0 Å². The highest BCUT2D eigenvalue weighted by Gasteiger charge is 2.37. The highest BCUT2D eigenvalue weighted by molar-refractivity contribution is 5.85. The molecule has 1 aliphatic heterocycles. The second-order valence-electron chi connectivity index (χ2n) is 5.28. The third-order valence-electron chi connectivity index (χ3n) is 4.02. The second-order valence-corrected chi connectivity index (χ2v) is 5.28. The number of benzene rings is 1. The largest absolute Gasteiger partial charge is 0.496 e. The first kappa shape index (κ1) is 18.9. The van der Waals surface area contributed by atoms with Crippen molar-refractivity contribution >= 4 is 12.4 Å². The summed E-state index contributed by atoms with van der Waals surface area (Å²) in [6.45, 7) is 2.96. The average molecular weight is 340 g/mol. The van der Waals surface area contributed by atoms with E-state index < -0.39 is 11.7 Å². The van der Waals surface area contributed by atoms with Crippen molar-refractivity contribution in [2.75, 3.05) is 20.8 Å². The molecule has 1 aromatic rings. The van der Waals surface area contributed by atoms with Gasteiger partial charge in [-0.25, -0.2) is 0 Å². The molecule has 3 nitrogen and oxygen atoms in total. The number of nitrogens with one attached hydrogen (secondary N) is 1. The molecule has 1 fully saturated rings. The molecule has 0 radical (unpaired) electrons. The van der Waals surface area contributed by atoms with Gasteiger partial charge < -0.3 is 14.8 Å². The van der Waals surface area contributed by atoms with Crippen molar-refractivity contribution in [1.82, 2.24) is 5.32 Å². The maximum atomic E-state index is 13.1. The number of piperidine rings is 1. The van der Waals surface area contributed by atoms with E-state index in [1.807, 2.05) is 6.92 Å². The van der Waals surface area contributed by atoms with Crippen LogP contribution in [0.2, 0.25) is 0 Å². The van der Waals surface area contributed by atoms with Gasteiger partial charge in [0.05, 0.1) is 14.2 Å². The van der Waals surface area contributed by atoms with Crippen LogP contribution >= 0.6 is 12.4 Å². The molecule has 0 aromatic heterocycles. The molecular weight excluding hydrogens is 319 g/mol. The summed E-state index contributed by atoms with van der Waals surface area (Å²) in [6.07, 6.45) is -2.56. The molecular formula is C15H21ClF3NO2. The van der Waals surface area contributed by atoms with Gasteiger partial charge in [-0.15, -0.1) is 12.4 Å². The Morgan fingerprint density at radius 2 is 1.77 bits per heavy atom. The van der Waals surface area contributed by atoms with Crippen molar-refractivity contribution in [2.45, 2.75) is 37.9 Å². The summed E-state index contributed by atoms with van der Waals surface area (Å²) in [4.78, 5) is 0. The fourth-order valence-electron chi connectivity index (χ4n) is 2.90. The third kappa shape index (κ3) is 3.79. The summed E-state index contributed by atoms with van der Waals surface area (Å²) >= 11 is 0. The molecule has 0 aliphatic carbocycles. The number of halogens is 4. The normalized spacial score (nSPS) is 21.9. The van der Waals surface area contributed by atoms with Gasteiger partial charge in [-0.05, 0) is 38.4 Å². The minimum absolute atomic E-state index is 0. The van der Waals surface area contributed by atoms with E-state index in [0.717, 1.165) is 31.0 Å². The van der Waals surface area contributed by atoms with Crippen LogP contribution in [-0.4, -0.2) is 26.8 Å². The quantitative estimate of drug-likeness (QED) is 0.903. The lowest BCUT2D eigenvalue weighted by molar-refractivity contribution is -0.138. The molecule has 2 rings (SSSR count). The Bertz CT molecular complexity index is 508. The predicted molar refractivity (Wildman–Crippen MR) is 81.2 cm³/mol. The molecule has 0 saturated carbocycles. The molecule has 1 heterocycles. The Labute approximate surface area is 134 Å². The van der Waals surface area contributed by atoms with Crippen molar-refractivity contribution in [1.29, 1.82) is 0 Å². The van der Waals surface area contributed by atoms with Crippen molar-refractivity contribution in [3.8, 4) is 11.5 Å². The molecule has 1 aliphatic rings. The van der Waals surface area contributed by atoms with E-state index in [2.05, 4.69) is 5.32 Å². The Hall–Kier alpha value is -1.14. The van der Waals surface area contributed by atoms with Gasteiger partial charge >= 0.3 is 6.18 Å². The average Bonchev–Trinajstić information content (AvgIpc) is 2.45. The first-order valence-electron chi connectivity index (χ1n) is 6.95. The number of hydrogen-bond acceptors (Lipinski definition) is 3. The van der Waals surface area contributed by atoms with Crippen molar-refractivity contribution in [3.05, 3.63) is 23.3 Å². The van der Waals surface area contributed by atoms with Crippen LogP contribution in [0.1, 0.15) is 36.8 Å². The van der Waals surface area contributed by atoms with Crippen LogP contribution in [0.15, 0.2) is 12.1 Å². The lowest BCUT2D eigenvalue weighted by Crippen LogP contribution is -2.37. The summed E-state index contributed by atoms with van der Waals surface area (Å²) in [5.74, 6) is 0.227. The molecule has 0 amide bonds. The predicted octanol–water partition coefficient (Wildman–Crippen LogP) is 4.00. The van der Waals surface area contributed by atoms with Crippen LogP contribution in [0.5, 0.6) is 11.5 Å². The van der Waals surface area contributed by atoms with Crippen LogP contribution in [0.25, 0.3) is 0 Å². The minimum Gasteiger partial charge on any atom is -0.496 e. The molecule has 2 atom stereocenters. The molecule has 1 N–H and O–H groups in total. The van der Waals surface area contributed by atoms with E-state index in [1.54, 1.807) is 0 Å². The Morgan fingerprint density at radius 3 is 2.27 bits per heavy atom. The molecule has 0 bridgehead atoms. The number of rotatable bonds is 3. The summed E-state index contributed by atoms with van der Waals surface area (Å²) in [5, 5.41) is 3.35. The molecule has 1 aromatic carbocycles. The molecule has 22 heavy (non-hydrogen) atoms. The van der Waals surface area contributed by atoms with Crippen molar-refractivity contribution < 1.29 is 22.6 Å². The Balaban J connectivity index is 0.00000242. The zero-order valence-corrected chi connectivity index (χ0v) is 13.6. The SMILES string of the molecule is COc1cc(C(F)(F)F)c(OC)cc1C1CCCNC1C.Cl. The van der Waals surface area contributed by atoms with Crippen molar-refractivity contribution in [3.63, 3.8) is 0 Å². The fourth-order valence-corrected chi connectivity index (χ4v) is 2.90. The van der Waals surface area contributed by atoms with Gasteiger partial charge in [-0.3, -0.25) is 0 Å². The maximum absolute atomic E-state index is 13.1. The van der Waals surface area contributed by atoms with Gasteiger partial charge in [-0.2, -0.15) is 13.2 Å².